The molecule has 0 radical (unpaired) electrons. The van der Waals surface area contributed by atoms with Gasteiger partial charge in [0.25, 0.3) is 0 Å². The summed E-state index contributed by atoms with van der Waals surface area (Å²) < 4.78 is 6.38. The highest BCUT2D eigenvalue weighted by atomic mass is 32.1. The van der Waals surface area contributed by atoms with Crippen molar-refractivity contribution in [1.29, 1.82) is 0 Å². The molecule has 130 valence electrons. The van der Waals surface area contributed by atoms with Gasteiger partial charge in [0.15, 0.2) is 0 Å². The van der Waals surface area contributed by atoms with Gasteiger partial charge in [0.1, 0.15) is 0 Å². The van der Waals surface area contributed by atoms with Crippen molar-refractivity contribution in [3.05, 3.63) is 41.5 Å². The third-order valence-corrected chi connectivity index (χ3v) is 6.09. The van der Waals surface area contributed by atoms with Crippen molar-refractivity contribution in [1.82, 2.24) is 14.9 Å². The molecule has 0 amide bonds. The topological polar surface area (TPSA) is 38.2 Å². The van der Waals surface area contributed by atoms with Gasteiger partial charge in [-0.1, -0.05) is 6.07 Å². The maximum atomic E-state index is 5.13. The SMILES string of the molecule is COc1ccc(-c2ccc3nc(CCN4CCC[C@H]4C)sc3c2)cn1. The molecule has 1 fully saturated rings. The van der Waals surface area contributed by atoms with E-state index in [0.29, 0.717) is 5.88 Å². The molecule has 0 N–H and O–H groups in total. The molecule has 4 rings (SSSR count). The number of rotatable bonds is 5. The smallest absolute Gasteiger partial charge is 0.212 e. The van der Waals surface area contributed by atoms with E-state index in [-0.39, 0.29) is 0 Å². The molecule has 1 aliphatic heterocycles. The molecular weight excluding hydrogens is 330 g/mol. The van der Waals surface area contributed by atoms with Crippen LogP contribution in [-0.4, -0.2) is 41.1 Å². The van der Waals surface area contributed by atoms with E-state index in [1.165, 1.54) is 34.7 Å². The Morgan fingerprint density at radius 2 is 2.12 bits per heavy atom. The normalized spacial score (nSPS) is 18.1. The Balaban J connectivity index is 1.52. The van der Waals surface area contributed by atoms with Gasteiger partial charge in [-0.15, -0.1) is 11.3 Å². The van der Waals surface area contributed by atoms with Gasteiger partial charge in [-0.05, 0) is 50.1 Å². The third kappa shape index (κ3) is 3.53. The second-order valence-electron chi connectivity index (χ2n) is 6.66. The summed E-state index contributed by atoms with van der Waals surface area (Å²) in [5, 5.41) is 1.24. The van der Waals surface area contributed by atoms with Crippen LogP contribution in [0.1, 0.15) is 24.8 Å². The number of likely N-dealkylation sites (tertiary alicyclic amines) is 1. The Morgan fingerprint density at radius 3 is 2.84 bits per heavy atom. The number of benzene rings is 1. The summed E-state index contributed by atoms with van der Waals surface area (Å²) in [5.74, 6) is 0.640. The minimum atomic E-state index is 0.640. The van der Waals surface area contributed by atoms with E-state index in [1.807, 2.05) is 29.7 Å². The summed E-state index contributed by atoms with van der Waals surface area (Å²) in [6.07, 6.45) is 5.57. The van der Waals surface area contributed by atoms with Crippen molar-refractivity contribution in [3.8, 4) is 17.0 Å². The zero-order valence-electron chi connectivity index (χ0n) is 14.7. The van der Waals surface area contributed by atoms with Gasteiger partial charge in [0.2, 0.25) is 5.88 Å². The highest BCUT2D eigenvalue weighted by Crippen LogP contribution is 2.29. The van der Waals surface area contributed by atoms with E-state index in [0.717, 1.165) is 30.1 Å². The number of hydrogen-bond donors (Lipinski definition) is 0. The van der Waals surface area contributed by atoms with E-state index < -0.39 is 0 Å². The fraction of sp³-hybridized carbons (Fsp3) is 0.400. The Labute approximate surface area is 152 Å². The Morgan fingerprint density at radius 1 is 1.24 bits per heavy atom. The lowest BCUT2D eigenvalue weighted by atomic mass is 10.1. The maximum Gasteiger partial charge on any atom is 0.212 e. The molecule has 0 aliphatic carbocycles. The number of hydrogen-bond acceptors (Lipinski definition) is 5. The maximum absolute atomic E-state index is 5.13. The van der Waals surface area contributed by atoms with Crippen LogP contribution >= 0.6 is 11.3 Å². The largest absolute Gasteiger partial charge is 0.481 e. The van der Waals surface area contributed by atoms with Crippen LogP contribution in [-0.2, 0) is 6.42 Å². The molecule has 0 unspecified atom stereocenters. The molecule has 0 spiro atoms. The quantitative estimate of drug-likeness (QED) is 0.682. The average Bonchev–Trinajstić information content (AvgIpc) is 3.24. The number of fused-ring (bicyclic) bond motifs is 1. The Hall–Kier alpha value is -1.98. The van der Waals surface area contributed by atoms with E-state index >= 15 is 0 Å². The van der Waals surface area contributed by atoms with Gasteiger partial charge in [-0.3, -0.25) is 0 Å². The van der Waals surface area contributed by atoms with Crippen molar-refractivity contribution < 1.29 is 4.74 Å². The van der Waals surface area contributed by atoms with Crippen molar-refractivity contribution in [2.24, 2.45) is 0 Å². The van der Waals surface area contributed by atoms with E-state index in [2.05, 4.69) is 35.0 Å². The van der Waals surface area contributed by atoms with E-state index in [4.69, 9.17) is 9.72 Å². The van der Waals surface area contributed by atoms with Crippen molar-refractivity contribution in [3.63, 3.8) is 0 Å². The number of ether oxygens (including phenoxy) is 1. The zero-order chi connectivity index (χ0) is 17.2. The molecule has 0 saturated carbocycles. The van der Waals surface area contributed by atoms with Crippen LogP contribution < -0.4 is 4.74 Å². The molecule has 2 aromatic heterocycles. The highest BCUT2D eigenvalue weighted by Gasteiger charge is 2.20. The second-order valence-corrected chi connectivity index (χ2v) is 7.77. The summed E-state index contributed by atoms with van der Waals surface area (Å²) in [7, 11) is 1.63. The molecule has 25 heavy (non-hydrogen) atoms. The van der Waals surface area contributed by atoms with Crippen LogP contribution in [0.2, 0.25) is 0 Å². The molecule has 1 saturated heterocycles. The standard InChI is InChI=1S/C20H23N3OS/c1-14-4-3-10-23(14)11-9-20-22-17-7-5-15(12-18(17)25-20)16-6-8-19(24-2)21-13-16/h5-8,12-14H,3-4,9-11H2,1-2H3/t14-/m1/s1. The Bertz CT molecular complexity index is 859. The fourth-order valence-electron chi connectivity index (χ4n) is 3.49. The van der Waals surface area contributed by atoms with Gasteiger partial charge in [-0.2, -0.15) is 0 Å². The molecule has 4 nitrogen and oxygen atoms in total. The second kappa shape index (κ2) is 7.10. The molecule has 1 aliphatic rings. The minimum absolute atomic E-state index is 0.640. The van der Waals surface area contributed by atoms with Gasteiger partial charge in [0, 0.05) is 36.8 Å². The predicted octanol–water partition coefficient (Wildman–Crippen LogP) is 4.39. The van der Waals surface area contributed by atoms with Crippen LogP contribution in [0.4, 0.5) is 0 Å². The van der Waals surface area contributed by atoms with Crippen LogP contribution in [0.15, 0.2) is 36.5 Å². The number of methoxy groups -OCH3 is 1. The molecule has 3 aromatic rings. The van der Waals surface area contributed by atoms with E-state index in [9.17, 15) is 0 Å². The third-order valence-electron chi connectivity index (χ3n) is 5.02. The molecule has 3 heterocycles. The van der Waals surface area contributed by atoms with Gasteiger partial charge < -0.3 is 9.64 Å². The average molecular weight is 353 g/mol. The molecule has 5 heteroatoms. The number of thiazole rings is 1. The first-order chi connectivity index (χ1) is 12.2. The van der Waals surface area contributed by atoms with E-state index in [1.54, 1.807) is 7.11 Å². The first-order valence-electron chi connectivity index (χ1n) is 8.87. The van der Waals surface area contributed by atoms with Crippen molar-refractivity contribution >= 4 is 21.6 Å². The monoisotopic (exact) mass is 353 g/mol. The Kier molecular flexibility index (Phi) is 4.68. The lowest BCUT2D eigenvalue weighted by Crippen LogP contribution is -2.28. The van der Waals surface area contributed by atoms with Crippen LogP contribution in [0.3, 0.4) is 0 Å². The first-order valence-corrected chi connectivity index (χ1v) is 9.68. The summed E-state index contributed by atoms with van der Waals surface area (Å²) in [6.45, 7) is 4.69. The van der Waals surface area contributed by atoms with Crippen LogP contribution in [0, 0.1) is 0 Å². The lowest BCUT2D eigenvalue weighted by Gasteiger charge is -2.19. The van der Waals surface area contributed by atoms with Crippen molar-refractivity contribution in [2.75, 3.05) is 20.2 Å². The summed E-state index contributed by atoms with van der Waals surface area (Å²) in [6, 6.07) is 11.1. The molecule has 0 bridgehead atoms. The number of aromatic nitrogens is 2. The summed E-state index contributed by atoms with van der Waals surface area (Å²) in [5.41, 5.74) is 3.37. The zero-order valence-corrected chi connectivity index (χ0v) is 15.6. The fourth-order valence-corrected chi connectivity index (χ4v) is 4.49. The molecule has 1 aromatic carbocycles. The van der Waals surface area contributed by atoms with Crippen molar-refractivity contribution in [2.45, 2.75) is 32.2 Å². The summed E-state index contributed by atoms with van der Waals surface area (Å²) >= 11 is 1.82. The number of pyridine rings is 1. The molecular formula is C20H23N3OS. The number of nitrogens with zero attached hydrogens (tertiary/aromatic N) is 3. The highest BCUT2D eigenvalue weighted by molar-refractivity contribution is 7.18. The first kappa shape index (κ1) is 16.5. The van der Waals surface area contributed by atoms with Crippen LogP contribution in [0.25, 0.3) is 21.3 Å². The van der Waals surface area contributed by atoms with Gasteiger partial charge in [0.05, 0.1) is 22.3 Å². The van der Waals surface area contributed by atoms with Gasteiger partial charge in [-0.25, -0.2) is 9.97 Å². The summed E-state index contributed by atoms with van der Waals surface area (Å²) in [4.78, 5) is 11.7. The lowest BCUT2D eigenvalue weighted by molar-refractivity contribution is 0.272. The molecule has 1 atom stereocenters. The predicted molar refractivity (Wildman–Crippen MR) is 103 cm³/mol. The van der Waals surface area contributed by atoms with Crippen LogP contribution in [0.5, 0.6) is 5.88 Å². The minimum Gasteiger partial charge on any atom is -0.481 e. The van der Waals surface area contributed by atoms with Gasteiger partial charge >= 0.3 is 0 Å².